The highest BCUT2D eigenvalue weighted by Gasteiger charge is 2.06. The summed E-state index contributed by atoms with van der Waals surface area (Å²) in [4.78, 5) is 7.84. The first-order valence-electron chi connectivity index (χ1n) is 5.29. The van der Waals surface area contributed by atoms with Crippen LogP contribution in [0.1, 0.15) is 5.82 Å². The van der Waals surface area contributed by atoms with Crippen molar-refractivity contribution in [3.8, 4) is 0 Å². The lowest BCUT2D eigenvalue weighted by Crippen LogP contribution is -3.00. The van der Waals surface area contributed by atoms with Crippen molar-refractivity contribution < 1.29 is 21.5 Å². The number of pyridine rings is 1. The fraction of sp³-hybridized carbons (Fsp3) is 0.0769. The maximum Gasteiger partial charge on any atom is 0.205 e. The molecule has 0 saturated heterocycles. The zero-order valence-corrected chi connectivity index (χ0v) is 12.9. The second-order valence-corrected chi connectivity index (χ2v) is 3.75. The standard InChI is InChI=1S/C13H12N3.2BrH/c1-4-8-16(9-5-1)10-13-14-11-6-2-3-7-12(11)15-13;;/h1-9H,10H2,(H,14,15);2*1H/q+1;;/p-1. The predicted octanol–water partition coefficient (Wildman–Crippen LogP) is -0.519. The third-order valence-electron chi connectivity index (χ3n) is 2.55. The summed E-state index contributed by atoms with van der Waals surface area (Å²) in [5, 5.41) is 0. The third-order valence-corrected chi connectivity index (χ3v) is 2.55. The number of aromatic amines is 1. The summed E-state index contributed by atoms with van der Waals surface area (Å²) in [5.41, 5.74) is 2.11. The fourth-order valence-electron chi connectivity index (χ4n) is 1.79. The Morgan fingerprint density at radius 1 is 1.00 bits per heavy atom. The lowest BCUT2D eigenvalue weighted by atomic mass is 10.3. The largest absolute Gasteiger partial charge is 1.00 e. The fourth-order valence-corrected chi connectivity index (χ4v) is 1.79. The molecule has 0 bridgehead atoms. The van der Waals surface area contributed by atoms with Crippen LogP contribution in [-0.2, 0) is 6.54 Å². The molecule has 0 saturated carbocycles. The van der Waals surface area contributed by atoms with Gasteiger partial charge in [0, 0.05) is 12.1 Å². The Bertz CT molecular complexity index is 575. The Hall–Kier alpha value is -1.20. The molecule has 94 valence electrons. The molecule has 0 aliphatic heterocycles. The van der Waals surface area contributed by atoms with Crippen LogP contribution in [0, 0.1) is 0 Å². The monoisotopic (exact) mass is 369 g/mol. The number of nitrogens with zero attached hydrogens (tertiary/aromatic N) is 2. The first-order chi connectivity index (χ1) is 7.92. The zero-order chi connectivity index (χ0) is 10.8. The highest BCUT2D eigenvalue weighted by atomic mass is 79.9. The Morgan fingerprint density at radius 3 is 2.44 bits per heavy atom. The van der Waals surface area contributed by atoms with Gasteiger partial charge in [0.15, 0.2) is 18.2 Å². The topological polar surface area (TPSA) is 32.6 Å². The van der Waals surface area contributed by atoms with E-state index in [4.69, 9.17) is 0 Å². The normalized spacial score (nSPS) is 9.56. The molecule has 1 aromatic carbocycles. The van der Waals surface area contributed by atoms with E-state index in [0.29, 0.717) is 0 Å². The van der Waals surface area contributed by atoms with E-state index < -0.39 is 0 Å². The van der Waals surface area contributed by atoms with Crippen LogP contribution in [0.3, 0.4) is 0 Å². The van der Waals surface area contributed by atoms with Crippen LogP contribution in [-0.4, -0.2) is 9.97 Å². The quantitative estimate of drug-likeness (QED) is 0.605. The van der Waals surface area contributed by atoms with Gasteiger partial charge in [-0.1, -0.05) is 18.2 Å². The Balaban J connectivity index is 0.000000810. The Labute approximate surface area is 126 Å². The van der Waals surface area contributed by atoms with Crippen LogP contribution in [0.4, 0.5) is 0 Å². The molecule has 0 radical (unpaired) electrons. The SMILES string of the molecule is Br.[Br-].c1cc[n+](Cc2nc3ccccc3[nH]2)cc1. The first kappa shape index (κ1) is 14.9. The number of H-pyrrole nitrogens is 1. The van der Waals surface area contributed by atoms with E-state index in [1.54, 1.807) is 0 Å². The number of halogens is 2. The van der Waals surface area contributed by atoms with Crippen LogP contribution in [0.15, 0.2) is 54.9 Å². The van der Waals surface area contributed by atoms with Gasteiger partial charge in [0.05, 0.1) is 11.0 Å². The van der Waals surface area contributed by atoms with Crippen molar-refractivity contribution in [2.45, 2.75) is 6.54 Å². The van der Waals surface area contributed by atoms with Gasteiger partial charge in [0.2, 0.25) is 6.54 Å². The average Bonchev–Trinajstić information content (AvgIpc) is 2.72. The van der Waals surface area contributed by atoms with Gasteiger partial charge in [0.1, 0.15) is 0 Å². The number of hydrogen-bond donors (Lipinski definition) is 1. The average molecular weight is 371 g/mol. The molecule has 0 aliphatic carbocycles. The second kappa shape index (κ2) is 6.66. The summed E-state index contributed by atoms with van der Waals surface area (Å²) < 4.78 is 2.09. The maximum absolute atomic E-state index is 4.53. The highest BCUT2D eigenvalue weighted by molar-refractivity contribution is 8.93. The van der Waals surface area contributed by atoms with Gasteiger partial charge in [-0.25, -0.2) is 4.98 Å². The van der Waals surface area contributed by atoms with Crippen LogP contribution in [0.25, 0.3) is 11.0 Å². The van der Waals surface area contributed by atoms with Crippen LogP contribution in [0.2, 0.25) is 0 Å². The molecule has 1 N–H and O–H groups in total. The van der Waals surface area contributed by atoms with Gasteiger partial charge in [-0.05, 0) is 12.1 Å². The van der Waals surface area contributed by atoms with E-state index in [1.807, 2.05) is 54.9 Å². The van der Waals surface area contributed by atoms with E-state index in [2.05, 4.69) is 14.5 Å². The van der Waals surface area contributed by atoms with Gasteiger partial charge in [-0.2, -0.15) is 4.57 Å². The summed E-state index contributed by atoms with van der Waals surface area (Å²) in [6, 6.07) is 14.1. The van der Waals surface area contributed by atoms with Gasteiger partial charge in [0.25, 0.3) is 0 Å². The minimum Gasteiger partial charge on any atom is -1.00 e. The van der Waals surface area contributed by atoms with Crippen molar-refractivity contribution in [1.29, 1.82) is 0 Å². The molecule has 3 rings (SSSR count). The number of benzene rings is 1. The van der Waals surface area contributed by atoms with E-state index >= 15 is 0 Å². The molecule has 0 atom stereocenters. The number of imidazole rings is 1. The Morgan fingerprint density at radius 2 is 1.72 bits per heavy atom. The maximum atomic E-state index is 4.53. The minimum absolute atomic E-state index is 0. The van der Waals surface area contributed by atoms with Crippen LogP contribution in [0.5, 0.6) is 0 Å². The number of fused-ring (bicyclic) bond motifs is 1. The summed E-state index contributed by atoms with van der Waals surface area (Å²) >= 11 is 0. The lowest BCUT2D eigenvalue weighted by molar-refractivity contribution is -0.689. The third kappa shape index (κ3) is 3.17. The van der Waals surface area contributed by atoms with E-state index in [0.717, 1.165) is 23.4 Å². The van der Waals surface area contributed by atoms with Crippen LogP contribution < -0.4 is 21.5 Å². The molecule has 3 nitrogen and oxygen atoms in total. The molecular weight excluding hydrogens is 358 g/mol. The van der Waals surface area contributed by atoms with E-state index in [1.165, 1.54) is 0 Å². The molecule has 3 aromatic rings. The summed E-state index contributed by atoms with van der Waals surface area (Å²) in [6.45, 7) is 0.773. The summed E-state index contributed by atoms with van der Waals surface area (Å²) in [7, 11) is 0. The van der Waals surface area contributed by atoms with Crippen molar-refractivity contribution in [3.63, 3.8) is 0 Å². The summed E-state index contributed by atoms with van der Waals surface area (Å²) in [5.74, 6) is 0.984. The Kier molecular flexibility index (Phi) is 5.50. The van der Waals surface area contributed by atoms with Gasteiger partial charge < -0.3 is 22.0 Å². The molecule has 0 amide bonds. The number of rotatable bonds is 2. The minimum atomic E-state index is 0. The van der Waals surface area contributed by atoms with E-state index in [-0.39, 0.29) is 34.0 Å². The van der Waals surface area contributed by atoms with Crippen molar-refractivity contribution >= 4 is 28.0 Å². The highest BCUT2D eigenvalue weighted by Crippen LogP contribution is 2.09. The molecular formula is C13H13Br2N3. The first-order valence-corrected chi connectivity index (χ1v) is 5.29. The molecule has 5 heteroatoms. The van der Waals surface area contributed by atoms with Crippen molar-refractivity contribution in [2.24, 2.45) is 0 Å². The molecule has 0 unspecified atom stereocenters. The summed E-state index contributed by atoms with van der Waals surface area (Å²) in [6.07, 6.45) is 4.07. The van der Waals surface area contributed by atoms with Gasteiger partial charge in [-0.15, -0.1) is 17.0 Å². The lowest BCUT2D eigenvalue weighted by Gasteiger charge is -1.91. The van der Waals surface area contributed by atoms with Crippen molar-refractivity contribution in [1.82, 2.24) is 9.97 Å². The number of hydrogen-bond acceptors (Lipinski definition) is 1. The molecule has 0 aliphatic rings. The molecule has 0 fully saturated rings. The predicted molar refractivity (Wildman–Crippen MR) is 72.2 cm³/mol. The molecule has 2 heterocycles. The van der Waals surface area contributed by atoms with Crippen molar-refractivity contribution in [2.75, 3.05) is 0 Å². The van der Waals surface area contributed by atoms with E-state index in [9.17, 15) is 0 Å². The zero-order valence-electron chi connectivity index (χ0n) is 9.58. The second-order valence-electron chi connectivity index (χ2n) is 3.75. The molecule has 2 aromatic heterocycles. The van der Waals surface area contributed by atoms with Crippen molar-refractivity contribution in [3.05, 3.63) is 60.7 Å². The number of nitrogens with one attached hydrogen (secondary N) is 1. The van der Waals surface area contributed by atoms with Gasteiger partial charge in [-0.3, -0.25) is 0 Å². The smallest absolute Gasteiger partial charge is 0.205 e. The molecule has 18 heavy (non-hydrogen) atoms. The molecule has 0 spiro atoms. The van der Waals surface area contributed by atoms with Crippen LogP contribution >= 0.6 is 17.0 Å². The van der Waals surface area contributed by atoms with Gasteiger partial charge >= 0.3 is 0 Å². The number of para-hydroxylation sites is 2. The number of aromatic nitrogens is 3.